The fourth-order valence-corrected chi connectivity index (χ4v) is 2.16. The molecule has 0 unspecified atom stereocenters. The van der Waals surface area contributed by atoms with Crippen molar-refractivity contribution in [1.82, 2.24) is 0 Å². The number of ether oxygens (including phenoxy) is 1. The topological polar surface area (TPSA) is 38.3 Å². The zero-order chi connectivity index (χ0) is 14.5. The maximum atomic E-state index is 12.0. The van der Waals surface area contributed by atoms with E-state index in [-0.39, 0.29) is 5.91 Å². The molecule has 0 spiro atoms. The second-order valence-corrected chi connectivity index (χ2v) is 5.36. The molecule has 1 amide bonds. The van der Waals surface area contributed by atoms with Gasteiger partial charge in [-0.1, -0.05) is 27.5 Å². The molecule has 3 nitrogen and oxygen atoms in total. The largest absolute Gasteiger partial charge is 0.492 e. The summed E-state index contributed by atoms with van der Waals surface area (Å²) in [6.45, 7) is 2.43. The fourth-order valence-electron chi connectivity index (χ4n) is 1.66. The summed E-state index contributed by atoms with van der Waals surface area (Å²) in [5.74, 6) is 0.425. The van der Waals surface area contributed by atoms with E-state index in [9.17, 15) is 4.79 Å². The Morgan fingerprint density at radius 1 is 1.25 bits per heavy atom. The third-order valence-corrected chi connectivity index (χ3v) is 3.42. The molecule has 0 saturated carbocycles. The quantitative estimate of drug-likeness (QED) is 0.860. The molecule has 2 aromatic carbocycles. The normalized spacial score (nSPS) is 10.2. The molecule has 0 aromatic heterocycles. The van der Waals surface area contributed by atoms with Crippen LogP contribution in [0.1, 0.15) is 17.3 Å². The minimum absolute atomic E-state index is 0.183. The highest BCUT2D eigenvalue weighted by Gasteiger charge is 2.08. The Labute approximate surface area is 131 Å². The highest BCUT2D eigenvalue weighted by molar-refractivity contribution is 9.10. The van der Waals surface area contributed by atoms with Crippen LogP contribution in [0.2, 0.25) is 5.02 Å². The Bertz CT molecular complexity index is 614. The standard InChI is InChI=1S/C15H13BrClNO2/c1-2-20-14-8-7-12(9-13(14)17)18-15(19)10-3-5-11(16)6-4-10/h3-9H,2H2,1H3,(H,18,19). The molecule has 104 valence electrons. The maximum Gasteiger partial charge on any atom is 0.255 e. The second-order valence-electron chi connectivity index (χ2n) is 4.04. The number of hydrogen-bond donors (Lipinski definition) is 1. The van der Waals surface area contributed by atoms with Crippen LogP contribution in [0.25, 0.3) is 0 Å². The molecule has 0 atom stereocenters. The first-order chi connectivity index (χ1) is 9.60. The van der Waals surface area contributed by atoms with Crippen molar-refractivity contribution in [2.24, 2.45) is 0 Å². The summed E-state index contributed by atoms with van der Waals surface area (Å²) in [7, 11) is 0. The van der Waals surface area contributed by atoms with Crippen LogP contribution in [-0.2, 0) is 0 Å². The molecule has 0 bridgehead atoms. The molecule has 0 aliphatic rings. The molecule has 0 saturated heterocycles. The highest BCUT2D eigenvalue weighted by Crippen LogP contribution is 2.27. The van der Waals surface area contributed by atoms with Crippen molar-refractivity contribution in [2.75, 3.05) is 11.9 Å². The number of benzene rings is 2. The first-order valence-electron chi connectivity index (χ1n) is 6.09. The van der Waals surface area contributed by atoms with Crippen molar-refractivity contribution >= 4 is 39.1 Å². The number of halogens is 2. The fraction of sp³-hybridized carbons (Fsp3) is 0.133. The minimum atomic E-state index is -0.183. The average molecular weight is 355 g/mol. The van der Waals surface area contributed by atoms with E-state index < -0.39 is 0 Å². The first kappa shape index (κ1) is 14.9. The van der Waals surface area contributed by atoms with E-state index in [1.807, 2.05) is 19.1 Å². The second kappa shape index (κ2) is 6.77. The number of hydrogen-bond acceptors (Lipinski definition) is 2. The van der Waals surface area contributed by atoms with E-state index in [4.69, 9.17) is 16.3 Å². The van der Waals surface area contributed by atoms with Gasteiger partial charge in [0.05, 0.1) is 11.6 Å². The number of carbonyl (C=O) groups is 1. The van der Waals surface area contributed by atoms with E-state index >= 15 is 0 Å². The Hall–Kier alpha value is -1.52. The Morgan fingerprint density at radius 3 is 2.55 bits per heavy atom. The van der Waals surface area contributed by atoms with Crippen LogP contribution >= 0.6 is 27.5 Å². The van der Waals surface area contributed by atoms with Gasteiger partial charge in [0.2, 0.25) is 0 Å². The third-order valence-electron chi connectivity index (χ3n) is 2.60. The van der Waals surface area contributed by atoms with Crippen molar-refractivity contribution in [3.05, 3.63) is 57.5 Å². The van der Waals surface area contributed by atoms with Gasteiger partial charge in [-0.05, 0) is 49.4 Å². The van der Waals surface area contributed by atoms with Gasteiger partial charge in [-0.15, -0.1) is 0 Å². The molecule has 1 N–H and O–H groups in total. The smallest absolute Gasteiger partial charge is 0.255 e. The van der Waals surface area contributed by atoms with E-state index in [0.29, 0.717) is 28.6 Å². The summed E-state index contributed by atoms with van der Waals surface area (Å²) in [5, 5.41) is 3.27. The maximum absolute atomic E-state index is 12.0. The zero-order valence-electron chi connectivity index (χ0n) is 10.8. The van der Waals surface area contributed by atoms with E-state index in [0.717, 1.165) is 4.47 Å². The predicted octanol–water partition coefficient (Wildman–Crippen LogP) is 4.75. The van der Waals surface area contributed by atoms with Gasteiger partial charge in [0.25, 0.3) is 5.91 Å². The Kier molecular flexibility index (Phi) is 5.04. The summed E-state index contributed by atoms with van der Waals surface area (Å²) in [6, 6.07) is 12.3. The van der Waals surface area contributed by atoms with Gasteiger partial charge in [-0.25, -0.2) is 0 Å². The van der Waals surface area contributed by atoms with Crippen LogP contribution in [-0.4, -0.2) is 12.5 Å². The lowest BCUT2D eigenvalue weighted by molar-refractivity contribution is 0.102. The van der Waals surface area contributed by atoms with E-state index in [2.05, 4.69) is 21.2 Å². The number of anilines is 1. The Balaban J connectivity index is 2.11. The molecule has 2 aromatic rings. The molecule has 20 heavy (non-hydrogen) atoms. The average Bonchev–Trinajstić information content (AvgIpc) is 2.42. The first-order valence-corrected chi connectivity index (χ1v) is 7.26. The molecule has 5 heteroatoms. The van der Waals surface area contributed by atoms with Crippen LogP contribution in [0.5, 0.6) is 5.75 Å². The van der Waals surface area contributed by atoms with Gasteiger partial charge in [-0.2, -0.15) is 0 Å². The van der Waals surface area contributed by atoms with Crippen LogP contribution < -0.4 is 10.1 Å². The Morgan fingerprint density at radius 2 is 1.95 bits per heavy atom. The lowest BCUT2D eigenvalue weighted by Gasteiger charge is -2.09. The van der Waals surface area contributed by atoms with Crippen molar-refractivity contribution in [1.29, 1.82) is 0 Å². The van der Waals surface area contributed by atoms with Crippen LogP contribution in [0.15, 0.2) is 46.9 Å². The molecule has 0 heterocycles. The van der Waals surface area contributed by atoms with Gasteiger partial charge >= 0.3 is 0 Å². The van der Waals surface area contributed by atoms with Crippen LogP contribution in [0, 0.1) is 0 Å². The van der Waals surface area contributed by atoms with E-state index in [1.54, 1.807) is 30.3 Å². The van der Waals surface area contributed by atoms with Gasteiger partial charge in [0.1, 0.15) is 5.75 Å². The van der Waals surface area contributed by atoms with Crippen molar-refractivity contribution in [3.8, 4) is 5.75 Å². The number of rotatable bonds is 4. The number of carbonyl (C=O) groups excluding carboxylic acids is 1. The number of amides is 1. The molecule has 0 aliphatic heterocycles. The molecule has 0 aliphatic carbocycles. The summed E-state index contributed by atoms with van der Waals surface area (Å²) in [5.41, 5.74) is 1.21. The molecular weight excluding hydrogens is 342 g/mol. The van der Waals surface area contributed by atoms with Gasteiger partial charge in [0.15, 0.2) is 0 Å². The van der Waals surface area contributed by atoms with Gasteiger partial charge in [0, 0.05) is 15.7 Å². The van der Waals surface area contributed by atoms with Crippen LogP contribution in [0.3, 0.4) is 0 Å². The van der Waals surface area contributed by atoms with Gasteiger partial charge < -0.3 is 10.1 Å². The van der Waals surface area contributed by atoms with Crippen LogP contribution in [0.4, 0.5) is 5.69 Å². The molecule has 2 rings (SSSR count). The molecule has 0 fully saturated rings. The highest BCUT2D eigenvalue weighted by atomic mass is 79.9. The van der Waals surface area contributed by atoms with E-state index in [1.165, 1.54) is 0 Å². The molecular formula is C15H13BrClNO2. The minimum Gasteiger partial charge on any atom is -0.492 e. The monoisotopic (exact) mass is 353 g/mol. The summed E-state index contributed by atoms with van der Waals surface area (Å²) < 4.78 is 6.27. The van der Waals surface area contributed by atoms with Gasteiger partial charge in [-0.3, -0.25) is 4.79 Å². The number of nitrogens with one attached hydrogen (secondary N) is 1. The zero-order valence-corrected chi connectivity index (χ0v) is 13.2. The lowest BCUT2D eigenvalue weighted by Crippen LogP contribution is -2.11. The SMILES string of the molecule is CCOc1ccc(NC(=O)c2ccc(Br)cc2)cc1Cl. The van der Waals surface area contributed by atoms with Crippen molar-refractivity contribution in [3.63, 3.8) is 0 Å². The summed E-state index contributed by atoms with van der Waals surface area (Å²) in [4.78, 5) is 12.0. The predicted molar refractivity (Wildman–Crippen MR) is 84.7 cm³/mol. The molecule has 0 radical (unpaired) electrons. The third kappa shape index (κ3) is 3.74. The lowest BCUT2D eigenvalue weighted by atomic mass is 10.2. The van der Waals surface area contributed by atoms with Crippen molar-refractivity contribution < 1.29 is 9.53 Å². The van der Waals surface area contributed by atoms with Crippen molar-refractivity contribution in [2.45, 2.75) is 6.92 Å². The summed E-state index contributed by atoms with van der Waals surface area (Å²) >= 11 is 9.41. The summed E-state index contributed by atoms with van der Waals surface area (Å²) in [6.07, 6.45) is 0.